The topological polar surface area (TPSA) is 98.3 Å². The molecule has 144 valence electrons. The number of rotatable bonds is 7. The van der Waals surface area contributed by atoms with Gasteiger partial charge in [-0.05, 0) is 49.8 Å². The Morgan fingerprint density at radius 3 is 2.68 bits per heavy atom. The third kappa shape index (κ3) is 4.15. The largest absolute Gasteiger partial charge is 0.494 e. The molecule has 0 aliphatic carbocycles. The molecule has 0 fully saturated rings. The van der Waals surface area contributed by atoms with Crippen LogP contribution in [0.15, 0.2) is 47.6 Å². The van der Waals surface area contributed by atoms with E-state index < -0.39 is 0 Å². The van der Waals surface area contributed by atoms with Crippen LogP contribution in [0.5, 0.6) is 5.75 Å². The van der Waals surface area contributed by atoms with Crippen LogP contribution in [0, 0.1) is 14.9 Å². The van der Waals surface area contributed by atoms with Crippen molar-refractivity contribution in [3.05, 3.63) is 68.5 Å². The van der Waals surface area contributed by atoms with Crippen molar-refractivity contribution in [1.29, 1.82) is 0 Å². The molecule has 0 aliphatic rings. The second kappa shape index (κ2) is 8.57. The second-order valence-corrected chi connectivity index (χ2v) is 6.25. The fourth-order valence-corrected chi connectivity index (χ4v) is 2.89. The van der Waals surface area contributed by atoms with Crippen LogP contribution in [-0.4, -0.2) is 32.6 Å². The van der Waals surface area contributed by atoms with Crippen molar-refractivity contribution in [1.82, 2.24) is 14.9 Å². The third-order valence-electron chi connectivity index (χ3n) is 4.08. The van der Waals surface area contributed by atoms with Crippen molar-refractivity contribution >= 4 is 24.1 Å². The van der Waals surface area contributed by atoms with E-state index in [4.69, 9.17) is 17.0 Å². The number of nitro benzene ring substituents is 1. The number of ether oxygens (including phenoxy) is 1. The first-order chi connectivity index (χ1) is 13.5. The number of nitro groups is 1. The molecule has 8 nitrogen and oxygen atoms in total. The Kier molecular flexibility index (Phi) is 5.95. The first kappa shape index (κ1) is 19.4. The predicted molar refractivity (Wildman–Crippen MR) is 109 cm³/mol. The van der Waals surface area contributed by atoms with E-state index in [1.54, 1.807) is 12.1 Å². The average molecular weight is 397 g/mol. The van der Waals surface area contributed by atoms with Gasteiger partial charge in [0.2, 0.25) is 4.77 Å². The van der Waals surface area contributed by atoms with Crippen LogP contribution in [0.3, 0.4) is 0 Å². The maximum atomic E-state index is 11.2. The van der Waals surface area contributed by atoms with Crippen LogP contribution >= 0.6 is 12.2 Å². The summed E-state index contributed by atoms with van der Waals surface area (Å²) < 4.78 is 7.24. The molecule has 1 aromatic heterocycles. The van der Waals surface area contributed by atoms with Gasteiger partial charge in [-0.15, -0.1) is 0 Å². The molecule has 0 radical (unpaired) electrons. The molecule has 3 rings (SSSR count). The lowest BCUT2D eigenvalue weighted by atomic mass is 10.1. The van der Waals surface area contributed by atoms with E-state index in [1.165, 1.54) is 17.0 Å². The summed E-state index contributed by atoms with van der Waals surface area (Å²) in [4.78, 5) is 10.9. The predicted octanol–water partition coefficient (Wildman–Crippen LogP) is 4.36. The van der Waals surface area contributed by atoms with Crippen molar-refractivity contribution < 1.29 is 9.66 Å². The van der Waals surface area contributed by atoms with E-state index in [9.17, 15) is 10.1 Å². The standard InChI is InChI=1S/C19H19N5O3S/c1-3-14-6-5-13(11-17(14)24(25)26)12-20-23-18(21-22-19(23)28)15-7-9-16(10-8-15)27-4-2/h5-12H,3-4H2,1-2H3,(H,22,28)/b20-12-. The highest BCUT2D eigenvalue weighted by Gasteiger charge is 2.13. The lowest BCUT2D eigenvalue weighted by Crippen LogP contribution is -1.98. The van der Waals surface area contributed by atoms with E-state index in [-0.39, 0.29) is 10.6 Å². The van der Waals surface area contributed by atoms with Gasteiger partial charge in [0.1, 0.15) is 5.75 Å². The molecule has 3 aromatic rings. The number of benzene rings is 2. The molecule has 0 bridgehead atoms. The molecule has 0 aliphatic heterocycles. The van der Waals surface area contributed by atoms with Gasteiger partial charge in [-0.1, -0.05) is 19.1 Å². The van der Waals surface area contributed by atoms with Crippen molar-refractivity contribution in [2.75, 3.05) is 6.61 Å². The van der Waals surface area contributed by atoms with Crippen molar-refractivity contribution in [3.8, 4) is 17.1 Å². The molecule has 0 amide bonds. The zero-order valence-electron chi connectivity index (χ0n) is 15.5. The number of aryl methyl sites for hydroxylation is 1. The van der Waals surface area contributed by atoms with Crippen LogP contribution in [0.4, 0.5) is 5.69 Å². The fraction of sp³-hybridized carbons (Fsp3) is 0.211. The van der Waals surface area contributed by atoms with Gasteiger partial charge < -0.3 is 4.74 Å². The minimum absolute atomic E-state index is 0.0778. The number of hydrogen-bond acceptors (Lipinski definition) is 6. The van der Waals surface area contributed by atoms with Crippen molar-refractivity contribution in [2.24, 2.45) is 5.10 Å². The van der Waals surface area contributed by atoms with Crippen LogP contribution in [0.2, 0.25) is 0 Å². The maximum absolute atomic E-state index is 11.2. The van der Waals surface area contributed by atoms with E-state index in [2.05, 4.69) is 15.3 Å². The summed E-state index contributed by atoms with van der Waals surface area (Å²) in [6.45, 7) is 4.39. The van der Waals surface area contributed by atoms with E-state index in [1.807, 2.05) is 38.1 Å². The summed E-state index contributed by atoms with van der Waals surface area (Å²) >= 11 is 5.26. The molecule has 9 heteroatoms. The Morgan fingerprint density at radius 1 is 1.29 bits per heavy atom. The summed E-state index contributed by atoms with van der Waals surface area (Å²) in [6.07, 6.45) is 2.11. The van der Waals surface area contributed by atoms with Gasteiger partial charge in [-0.2, -0.15) is 14.9 Å². The van der Waals surface area contributed by atoms with E-state index >= 15 is 0 Å². The fourth-order valence-electron chi connectivity index (χ4n) is 2.71. The maximum Gasteiger partial charge on any atom is 0.273 e. The highest BCUT2D eigenvalue weighted by atomic mass is 32.1. The first-order valence-corrected chi connectivity index (χ1v) is 9.16. The number of aromatic nitrogens is 3. The van der Waals surface area contributed by atoms with Gasteiger partial charge in [-0.25, -0.2) is 5.10 Å². The van der Waals surface area contributed by atoms with Crippen LogP contribution in [0.25, 0.3) is 11.4 Å². The molecule has 1 heterocycles. The molecular weight excluding hydrogens is 378 g/mol. The molecular formula is C19H19N5O3S. The quantitative estimate of drug-likeness (QED) is 0.276. The Balaban J connectivity index is 1.93. The van der Waals surface area contributed by atoms with Crippen molar-refractivity contribution in [2.45, 2.75) is 20.3 Å². The van der Waals surface area contributed by atoms with Gasteiger partial charge in [0.25, 0.3) is 5.69 Å². The first-order valence-electron chi connectivity index (χ1n) is 8.75. The molecule has 28 heavy (non-hydrogen) atoms. The number of aromatic amines is 1. The molecule has 1 N–H and O–H groups in total. The Morgan fingerprint density at radius 2 is 2.04 bits per heavy atom. The van der Waals surface area contributed by atoms with Gasteiger partial charge >= 0.3 is 0 Å². The van der Waals surface area contributed by atoms with E-state index in [0.29, 0.717) is 34.8 Å². The Labute approximate surface area is 166 Å². The molecule has 0 saturated heterocycles. The smallest absolute Gasteiger partial charge is 0.273 e. The molecule has 0 saturated carbocycles. The number of hydrogen-bond donors (Lipinski definition) is 1. The SMILES string of the molecule is CCOc1ccc(-c2n[nH]c(=S)n2/N=C\c2ccc(CC)c([N+](=O)[O-])c2)cc1. The van der Waals surface area contributed by atoms with Gasteiger partial charge in [0, 0.05) is 22.8 Å². The lowest BCUT2D eigenvalue weighted by molar-refractivity contribution is -0.385. The molecule has 0 unspecified atom stereocenters. The second-order valence-electron chi connectivity index (χ2n) is 5.86. The minimum atomic E-state index is -0.384. The molecule has 0 spiro atoms. The normalized spacial score (nSPS) is 11.1. The summed E-state index contributed by atoms with van der Waals surface area (Å²) in [5.74, 6) is 1.29. The molecule has 2 aromatic carbocycles. The van der Waals surface area contributed by atoms with Crippen LogP contribution < -0.4 is 4.74 Å². The van der Waals surface area contributed by atoms with Crippen molar-refractivity contribution in [3.63, 3.8) is 0 Å². The summed E-state index contributed by atoms with van der Waals surface area (Å²) in [7, 11) is 0. The minimum Gasteiger partial charge on any atom is -0.494 e. The highest BCUT2D eigenvalue weighted by molar-refractivity contribution is 7.71. The number of H-pyrrole nitrogens is 1. The van der Waals surface area contributed by atoms with Gasteiger partial charge in [0.15, 0.2) is 5.82 Å². The Bertz CT molecular complexity index is 1070. The van der Waals surface area contributed by atoms with E-state index in [0.717, 1.165) is 11.3 Å². The number of nitrogens with zero attached hydrogens (tertiary/aromatic N) is 4. The van der Waals surface area contributed by atoms with Gasteiger partial charge in [-0.3, -0.25) is 10.1 Å². The Hall–Kier alpha value is -3.33. The zero-order valence-corrected chi connectivity index (χ0v) is 16.3. The zero-order chi connectivity index (χ0) is 20.1. The van der Waals surface area contributed by atoms with Crippen LogP contribution in [-0.2, 0) is 6.42 Å². The summed E-state index contributed by atoms with van der Waals surface area (Å²) in [6, 6.07) is 12.4. The number of nitrogens with one attached hydrogen (secondary N) is 1. The summed E-state index contributed by atoms with van der Waals surface area (Å²) in [5.41, 5.74) is 2.16. The molecule has 0 atom stereocenters. The average Bonchev–Trinajstić information content (AvgIpc) is 3.07. The monoisotopic (exact) mass is 397 g/mol. The van der Waals surface area contributed by atoms with Crippen LogP contribution in [0.1, 0.15) is 25.0 Å². The van der Waals surface area contributed by atoms with Gasteiger partial charge in [0.05, 0.1) is 17.7 Å². The lowest BCUT2D eigenvalue weighted by Gasteiger charge is -2.05. The highest BCUT2D eigenvalue weighted by Crippen LogP contribution is 2.22. The third-order valence-corrected chi connectivity index (χ3v) is 4.35. The summed E-state index contributed by atoms with van der Waals surface area (Å²) in [5, 5.41) is 22.6.